The molecular weight excluding hydrogens is 356 g/mol. The molecule has 1 aliphatic carbocycles. The van der Waals surface area contributed by atoms with Crippen molar-refractivity contribution in [3.05, 3.63) is 42.2 Å². The summed E-state index contributed by atoms with van der Waals surface area (Å²) < 4.78 is 0. The van der Waals surface area contributed by atoms with Crippen LogP contribution in [0.5, 0.6) is 0 Å². The summed E-state index contributed by atoms with van der Waals surface area (Å²) in [4.78, 5) is 46.6. The number of likely N-dealkylation sites (tertiary alicyclic amines) is 1. The predicted molar refractivity (Wildman–Crippen MR) is 104 cm³/mol. The summed E-state index contributed by atoms with van der Waals surface area (Å²) >= 11 is 0. The maximum Gasteiger partial charge on any atom is 0.243 e. The Bertz CT molecular complexity index is 889. The molecule has 0 spiro atoms. The van der Waals surface area contributed by atoms with Gasteiger partial charge in [0.1, 0.15) is 11.9 Å². The maximum absolute atomic E-state index is 12.6. The van der Waals surface area contributed by atoms with Gasteiger partial charge in [0.05, 0.1) is 22.9 Å². The smallest absolute Gasteiger partial charge is 0.243 e. The topological polar surface area (TPSA) is 95.2 Å². The Kier molecular flexibility index (Phi) is 4.98. The molecule has 0 saturated carbocycles. The Morgan fingerprint density at radius 1 is 1.21 bits per heavy atom. The minimum atomic E-state index is -0.781. The number of imidazole rings is 1. The lowest BCUT2D eigenvalue weighted by Crippen LogP contribution is -2.48. The fourth-order valence-corrected chi connectivity index (χ4v) is 4.06. The largest absolute Gasteiger partial charge is 0.354 e. The molecule has 3 amide bonds. The molecule has 1 fully saturated rings. The second kappa shape index (κ2) is 7.58. The van der Waals surface area contributed by atoms with Gasteiger partial charge in [-0.1, -0.05) is 24.3 Å². The summed E-state index contributed by atoms with van der Waals surface area (Å²) in [6.07, 6.45) is 6.47. The van der Waals surface area contributed by atoms with E-state index >= 15 is 0 Å². The Hall–Kier alpha value is -2.96. The SMILES string of the molecule is C[C@H](C(=O)NCCCc1nc2ccccc2[nH]1)N1C(=O)[C@H]2CC=CC[C@@H]2C1=O. The summed E-state index contributed by atoms with van der Waals surface area (Å²) in [6, 6.07) is 7.06. The van der Waals surface area contributed by atoms with Crippen LogP contribution in [0, 0.1) is 11.8 Å². The number of amides is 3. The van der Waals surface area contributed by atoms with Gasteiger partial charge in [0.25, 0.3) is 0 Å². The van der Waals surface area contributed by atoms with Crippen molar-refractivity contribution >= 4 is 28.8 Å². The molecule has 0 unspecified atom stereocenters. The van der Waals surface area contributed by atoms with Crippen molar-refractivity contribution in [3.8, 4) is 0 Å². The zero-order chi connectivity index (χ0) is 19.7. The van der Waals surface area contributed by atoms with Crippen molar-refractivity contribution in [1.29, 1.82) is 0 Å². The molecule has 2 aromatic rings. The second-order valence-electron chi connectivity index (χ2n) is 7.47. The fourth-order valence-electron chi connectivity index (χ4n) is 4.06. The number of fused-ring (bicyclic) bond motifs is 2. The Balaban J connectivity index is 1.29. The summed E-state index contributed by atoms with van der Waals surface area (Å²) in [7, 11) is 0. The van der Waals surface area contributed by atoms with Crippen LogP contribution in [-0.2, 0) is 20.8 Å². The van der Waals surface area contributed by atoms with E-state index in [0.717, 1.165) is 28.2 Å². The molecule has 7 heteroatoms. The van der Waals surface area contributed by atoms with Gasteiger partial charge in [-0.2, -0.15) is 0 Å². The highest BCUT2D eigenvalue weighted by Crippen LogP contribution is 2.36. The van der Waals surface area contributed by atoms with E-state index in [1.54, 1.807) is 6.92 Å². The fraction of sp³-hybridized carbons (Fsp3) is 0.429. The number of rotatable bonds is 6. The van der Waals surface area contributed by atoms with E-state index in [4.69, 9.17) is 0 Å². The molecule has 146 valence electrons. The maximum atomic E-state index is 12.6. The van der Waals surface area contributed by atoms with E-state index in [1.807, 2.05) is 36.4 Å². The molecule has 28 heavy (non-hydrogen) atoms. The van der Waals surface area contributed by atoms with Crippen LogP contribution in [0.2, 0.25) is 0 Å². The van der Waals surface area contributed by atoms with Gasteiger partial charge < -0.3 is 10.3 Å². The van der Waals surface area contributed by atoms with E-state index in [2.05, 4.69) is 15.3 Å². The third-order valence-electron chi connectivity index (χ3n) is 5.64. The quantitative estimate of drug-likeness (QED) is 0.455. The number of hydrogen-bond donors (Lipinski definition) is 2. The van der Waals surface area contributed by atoms with Gasteiger partial charge in [0, 0.05) is 13.0 Å². The highest BCUT2D eigenvalue weighted by atomic mass is 16.2. The zero-order valence-corrected chi connectivity index (χ0v) is 15.9. The molecular formula is C21H24N4O3. The average Bonchev–Trinajstić information content (AvgIpc) is 3.23. The molecule has 1 aromatic heterocycles. The molecule has 3 atom stereocenters. The van der Waals surface area contributed by atoms with E-state index in [9.17, 15) is 14.4 Å². The number of para-hydroxylation sites is 2. The molecule has 2 N–H and O–H groups in total. The molecule has 0 radical (unpaired) electrons. The lowest BCUT2D eigenvalue weighted by atomic mass is 9.85. The van der Waals surface area contributed by atoms with Crippen molar-refractivity contribution in [1.82, 2.24) is 20.2 Å². The Morgan fingerprint density at radius 2 is 1.89 bits per heavy atom. The van der Waals surface area contributed by atoms with Gasteiger partial charge in [-0.25, -0.2) is 4.98 Å². The lowest BCUT2D eigenvalue weighted by Gasteiger charge is -2.22. The van der Waals surface area contributed by atoms with Crippen LogP contribution in [0.1, 0.15) is 32.0 Å². The first-order valence-electron chi connectivity index (χ1n) is 9.79. The zero-order valence-electron chi connectivity index (χ0n) is 15.9. The first-order chi connectivity index (χ1) is 13.6. The number of aromatic amines is 1. The van der Waals surface area contributed by atoms with Crippen LogP contribution < -0.4 is 5.32 Å². The monoisotopic (exact) mass is 380 g/mol. The van der Waals surface area contributed by atoms with Crippen LogP contribution in [0.4, 0.5) is 0 Å². The highest BCUT2D eigenvalue weighted by molar-refractivity contribution is 6.08. The lowest BCUT2D eigenvalue weighted by molar-refractivity contribution is -0.147. The Labute approximate surface area is 163 Å². The van der Waals surface area contributed by atoms with Crippen LogP contribution in [0.25, 0.3) is 11.0 Å². The number of carbonyl (C=O) groups is 3. The van der Waals surface area contributed by atoms with E-state index in [-0.39, 0.29) is 29.6 Å². The predicted octanol–water partition coefficient (Wildman–Crippen LogP) is 1.95. The molecule has 2 heterocycles. The molecule has 0 bridgehead atoms. The molecule has 2 aliphatic rings. The summed E-state index contributed by atoms with van der Waals surface area (Å²) in [5.41, 5.74) is 1.93. The molecule has 4 rings (SSSR count). The van der Waals surface area contributed by atoms with Gasteiger partial charge in [-0.05, 0) is 38.3 Å². The number of carbonyl (C=O) groups excluding carboxylic acids is 3. The number of nitrogens with one attached hydrogen (secondary N) is 2. The van der Waals surface area contributed by atoms with E-state index in [0.29, 0.717) is 25.8 Å². The molecule has 1 aliphatic heterocycles. The van der Waals surface area contributed by atoms with E-state index in [1.165, 1.54) is 0 Å². The number of hydrogen-bond acceptors (Lipinski definition) is 4. The third-order valence-corrected chi connectivity index (χ3v) is 5.64. The molecule has 7 nitrogen and oxygen atoms in total. The standard InChI is InChI=1S/C21H24N4O3/c1-13(25-20(27)14-7-2-3-8-15(14)21(25)28)19(26)22-12-6-11-18-23-16-9-4-5-10-17(16)24-18/h2-5,9-10,13-15H,6-8,11-12H2,1H3,(H,22,26)(H,23,24)/t13-,14+,15+/m1/s1. The Morgan fingerprint density at radius 3 is 2.57 bits per heavy atom. The second-order valence-corrected chi connectivity index (χ2v) is 7.47. The van der Waals surface area contributed by atoms with Gasteiger partial charge >= 0.3 is 0 Å². The van der Waals surface area contributed by atoms with Gasteiger partial charge in [0.2, 0.25) is 17.7 Å². The minimum absolute atomic E-state index is 0.218. The van der Waals surface area contributed by atoms with Crippen LogP contribution >= 0.6 is 0 Å². The van der Waals surface area contributed by atoms with Gasteiger partial charge in [0.15, 0.2) is 0 Å². The number of aryl methyl sites for hydroxylation is 1. The van der Waals surface area contributed by atoms with Gasteiger partial charge in [-0.15, -0.1) is 0 Å². The highest BCUT2D eigenvalue weighted by Gasteiger charge is 2.49. The first kappa shape index (κ1) is 18.4. The van der Waals surface area contributed by atoms with E-state index < -0.39 is 6.04 Å². The number of allylic oxidation sites excluding steroid dienone is 2. The van der Waals surface area contributed by atoms with Crippen LogP contribution in [0.15, 0.2) is 36.4 Å². The number of nitrogens with zero attached hydrogens (tertiary/aromatic N) is 2. The summed E-state index contributed by atoms with van der Waals surface area (Å²) in [5, 5.41) is 2.84. The molecule has 1 saturated heterocycles. The molecule has 1 aromatic carbocycles. The van der Waals surface area contributed by atoms with Crippen molar-refractivity contribution < 1.29 is 14.4 Å². The third kappa shape index (κ3) is 3.32. The van der Waals surface area contributed by atoms with Gasteiger partial charge in [-0.3, -0.25) is 19.3 Å². The number of H-pyrrole nitrogens is 1. The van der Waals surface area contributed by atoms with Crippen molar-refractivity contribution in [2.75, 3.05) is 6.54 Å². The van der Waals surface area contributed by atoms with Crippen LogP contribution in [-0.4, -0.2) is 45.2 Å². The number of benzene rings is 1. The number of aromatic nitrogens is 2. The minimum Gasteiger partial charge on any atom is -0.354 e. The summed E-state index contributed by atoms with van der Waals surface area (Å²) in [6.45, 7) is 2.08. The average molecular weight is 380 g/mol. The van der Waals surface area contributed by atoms with Crippen molar-refractivity contribution in [3.63, 3.8) is 0 Å². The van der Waals surface area contributed by atoms with Crippen LogP contribution in [0.3, 0.4) is 0 Å². The summed E-state index contributed by atoms with van der Waals surface area (Å²) in [5.74, 6) is -0.460. The van der Waals surface area contributed by atoms with Crippen molar-refractivity contribution in [2.45, 2.75) is 38.6 Å². The first-order valence-corrected chi connectivity index (χ1v) is 9.79. The normalized spacial score (nSPS) is 22.5. The number of imide groups is 1. The van der Waals surface area contributed by atoms with Crippen molar-refractivity contribution in [2.24, 2.45) is 11.8 Å².